The lowest BCUT2D eigenvalue weighted by atomic mass is 9.68. The molecule has 3 fully saturated rings. The van der Waals surface area contributed by atoms with Crippen molar-refractivity contribution < 1.29 is 22.8 Å². The number of carbonyl (C=O) groups excluding carboxylic acids is 2. The van der Waals surface area contributed by atoms with E-state index >= 15 is 0 Å². The van der Waals surface area contributed by atoms with Gasteiger partial charge >= 0.3 is 11.0 Å². The first-order valence-corrected chi connectivity index (χ1v) is 14.3. The molecule has 1 saturated heterocycles. The van der Waals surface area contributed by atoms with Gasteiger partial charge in [-0.25, -0.2) is 0 Å². The summed E-state index contributed by atoms with van der Waals surface area (Å²) in [5, 5.41) is 0.836. The Hall–Kier alpha value is -2.37. The zero-order valence-corrected chi connectivity index (χ0v) is 22.1. The van der Waals surface area contributed by atoms with Crippen LogP contribution in [0.25, 0.3) is 0 Å². The predicted molar refractivity (Wildman–Crippen MR) is 137 cm³/mol. The van der Waals surface area contributed by atoms with Gasteiger partial charge in [-0.05, 0) is 60.1 Å². The molecule has 1 aromatic heterocycles. The average Bonchev–Trinajstić information content (AvgIpc) is 3.57. The second kappa shape index (κ2) is 8.07. The van der Waals surface area contributed by atoms with Crippen molar-refractivity contribution in [2.75, 3.05) is 4.90 Å². The summed E-state index contributed by atoms with van der Waals surface area (Å²) in [6, 6.07) is 12.4. The molecular weight excluding hydrogens is 589 g/mol. The first-order valence-electron chi connectivity index (χ1n) is 11.8. The maximum atomic E-state index is 13.7. The quantitative estimate of drug-likeness (QED) is 0.369. The van der Waals surface area contributed by atoms with Crippen molar-refractivity contribution in [1.29, 1.82) is 0 Å². The van der Waals surface area contributed by atoms with Crippen molar-refractivity contribution in [1.82, 2.24) is 4.98 Å². The summed E-state index contributed by atoms with van der Waals surface area (Å²) in [6.45, 7) is 0. The molecule has 2 amide bonds. The number of aromatic amines is 1. The zero-order chi connectivity index (χ0) is 25.8. The lowest BCUT2D eigenvalue weighted by molar-refractivity contribution is -0.137. The molecule has 2 aliphatic heterocycles. The number of amides is 2. The molecule has 190 valence electrons. The molecule has 2 aliphatic carbocycles. The van der Waals surface area contributed by atoms with E-state index in [1.165, 1.54) is 23.5 Å². The molecule has 4 aliphatic rings. The lowest BCUT2D eigenvalue weighted by Gasteiger charge is -2.43. The third-order valence-electron chi connectivity index (χ3n) is 8.36. The Labute approximate surface area is 225 Å². The van der Waals surface area contributed by atoms with Crippen LogP contribution in [0.5, 0.6) is 0 Å². The highest BCUT2D eigenvalue weighted by molar-refractivity contribution is 9.10. The Morgan fingerprint density at radius 1 is 0.973 bits per heavy atom. The van der Waals surface area contributed by atoms with E-state index in [4.69, 9.17) is 0 Å². The maximum Gasteiger partial charge on any atom is 0.416 e. The summed E-state index contributed by atoms with van der Waals surface area (Å²) in [7, 11) is 0. The number of hydrogen-bond donors (Lipinski definition) is 1. The van der Waals surface area contributed by atoms with Crippen molar-refractivity contribution in [2.24, 2.45) is 29.6 Å². The third-order valence-corrected chi connectivity index (χ3v) is 11.4. The molecule has 1 N–H and O–H groups in total. The number of nitrogens with zero attached hydrogens (tertiary/aromatic N) is 1. The van der Waals surface area contributed by atoms with Gasteiger partial charge in [0, 0.05) is 20.5 Å². The third kappa shape index (κ3) is 3.39. The summed E-state index contributed by atoms with van der Waals surface area (Å²) in [4.78, 5) is 44.5. The number of rotatable bonds is 2. The Bertz CT molecular complexity index is 1540. The van der Waals surface area contributed by atoms with Crippen LogP contribution in [0.15, 0.2) is 62.8 Å². The van der Waals surface area contributed by atoms with E-state index in [1.807, 2.05) is 24.3 Å². The molecule has 2 aromatic carbocycles. The van der Waals surface area contributed by atoms with Gasteiger partial charge in [0.2, 0.25) is 11.8 Å². The molecule has 3 heterocycles. The fourth-order valence-electron chi connectivity index (χ4n) is 7.17. The Morgan fingerprint density at radius 3 is 2.43 bits per heavy atom. The number of anilines is 1. The van der Waals surface area contributed by atoms with E-state index in [-0.39, 0.29) is 39.5 Å². The molecule has 37 heavy (non-hydrogen) atoms. The Balaban J connectivity index is 1.31. The predicted octanol–water partition coefficient (Wildman–Crippen LogP) is 5.90. The fourth-order valence-corrected chi connectivity index (χ4v) is 10.5. The number of alkyl halides is 3. The summed E-state index contributed by atoms with van der Waals surface area (Å²) >= 11 is 6.32. The highest BCUT2D eigenvalue weighted by Gasteiger charge is 2.69. The number of aromatic nitrogens is 1. The van der Waals surface area contributed by atoms with Crippen LogP contribution in [0.4, 0.5) is 18.9 Å². The largest absolute Gasteiger partial charge is 0.416 e. The minimum atomic E-state index is -4.58. The van der Waals surface area contributed by atoms with Crippen LogP contribution < -0.4 is 9.77 Å². The molecule has 2 saturated carbocycles. The van der Waals surface area contributed by atoms with Gasteiger partial charge in [-0.15, -0.1) is 11.8 Å². The second-order valence-electron chi connectivity index (χ2n) is 10.1. The van der Waals surface area contributed by atoms with E-state index < -0.39 is 35.4 Å². The molecule has 7 rings (SSSR count). The van der Waals surface area contributed by atoms with Crippen LogP contribution >= 0.6 is 39.0 Å². The molecule has 5 nitrogen and oxygen atoms in total. The number of thiazole rings is 1. The molecule has 0 radical (unpaired) electrons. The zero-order valence-electron chi connectivity index (χ0n) is 18.9. The number of benzene rings is 2. The second-order valence-corrected chi connectivity index (χ2v) is 13.2. The molecule has 11 heteroatoms. The van der Waals surface area contributed by atoms with E-state index in [9.17, 15) is 27.6 Å². The molecule has 0 spiro atoms. The van der Waals surface area contributed by atoms with E-state index in [1.54, 1.807) is 11.8 Å². The van der Waals surface area contributed by atoms with Crippen LogP contribution in [0, 0.1) is 29.6 Å². The Morgan fingerprint density at radius 2 is 1.70 bits per heavy atom. The van der Waals surface area contributed by atoms with Crippen LogP contribution in [-0.4, -0.2) is 22.0 Å². The topological polar surface area (TPSA) is 70.2 Å². The maximum absolute atomic E-state index is 13.7. The van der Waals surface area contributed by atoms with E-state index in [2.05, 4.69) is 20.9 Å². The number of imide groups is 1. The first-order chi connectivity index (χ1) is 17.6. The van der Waals surface area contributed by atoms with Gasteiger partial charge in [-0.1, -0.05) is 45.5 Å². The fraction of sp³-hybridized carbons (Fsp3) is 0.346. The summed E-state index contributed by atoms with van der Waals surface area (Å²) in [5.74, 6) is -2.23. The summed E-state index contributed by atoms with van der Waals surface area (Å²) in [6.07, 6.45) is -3.86. The minimum Gasteiger partial charge on any atom is -0.307 e. The van der Waals surface area contributed by atoms with Crippen molar-refractivity contribution in [3.05, 3.63) is 78.7 Å². The first kappa shape index (κ1) is 23.7. The van der Waals surface area contributed by atoms with Gasteiger partial charge in [-0.3, -0.25) is 19.3 Å². The molecular formula is C26H18BrF3N2O3S2. The van der Waals surface area contributed by atoms with Gasteiger partial charge in [-0.2, -0.15) is 13.2 Å². The monoisotopic (exact) mass is 606 g/mol. The summed E-state index contributed by atoms with van der Waals surface area (Å²) < 4.78 is 41.0. The van der Waals surface area contributed by atoms with Crippen molar-refractivity contribution >= 4 is 56.5 Å². The number of hydrogen-bond acceptors (Lipinski definition) is 5. The Kier molecular flexibility index (Phi) is 5.17. The van der Waals surface area contributed by atoms with Gasteiger partial charge in [0.05, 0.1) is 28.1 Å². The van der Waals surface area contributed by atoms with Gasteiger partial charge in [0.25, 0.3) is 0 Å². The smallest absolute Gasteiger partial charge is 0.307 e. The number of nitrogens with one attached hydrogen (secondary N) is 1. The minimum absolute atomic E-state index is 0.0196. The standard InChI is InChI=1S/C26H18BrF3N2O3S2/c27-12-5-1-3-10(7-12)16-17-14-9-15(20(17)36-22-21(16)37-25(35)31-22)19-18(14)23(33)32(24(19)34)13-6-2-4-11(8-13)26(28,29)30/h1-8,14-20H,9H2,(H,31,35)/t14-,15-,16?,17?,18?,19?,20?/m1/s1. The van der Waals surface area contributed by atoms with Crippen molar-refractivity contribution in [3.63, 3.8) is 0 Å². The number of fused-ring (bicyclic) bond motifs is 9. The summed E-state index contributed by atoms with van der Waals surface area (Å²) in [5.41, 5.74) is 0.121. The van der Waals surface area contributed by atoms with E-state index in [0.29, 0.717) is 0 Å². The van der Waals surface area contributed by atoms with Crippen molar-refractivity contribution in [2.45, 2.75) is 28.8 Å². The highest BCUT2D eigenvalue weighted by Crippen LogP contribution is 2.68. The molecule has 3 aromatic rings. The SMILES string of the molecule is O=C1C2C(C(=O)N1c1cccc(C(F)(F)F)c1)[C@@H]1C[C@H]2C2Sc3[nH]c(=O)sc3C(c3cccc(Br)c3)C21. The van der Waals surface area contributed by atoms with Gasteiger partial charge in [0.15, 0.2) is 0 Å². The average molecular weight is 607 g/mol. The normalized spacial score (nSPS) is 32.0. The van der Waals surface area contributed by atoms with Gasteiger partial charge in [0.1, 0.15) is 0 Å². The van der Waals surface area contributed by atoms with Crippen LogP contribution in [0.2, 0.25) is 0 Å². The van der Waals surface area contributed by atoms with Gasteiger partial charge < -0.3 is 4.98 Å². The molecule has 5 unspecified atom stereocenters. The number of thioether (sulfide) groups is 1. The van der Waals surface area contributed by atoms with Crippen LogP contribution in [0.3, 0.4) is 0 Å². The van der Waals surface area contributed by atoms with Crippen LogP contribution in [-0.2, 0) is 15.8 Å². The molecule has 2 bridgehead atoms. The van der Waals surface area contributed by atoms with E-state index in [0.717, 1.165) is 43.4 Å². The number of halogens is 4. The van der Waals surface area contributed by atoms with Crippen LogP contribution in [0.1, 0.15) is 28.3 Å². The number of carbonyl (C=O) groups is 2. The molecule has 7 atom stereocenters. The van der Waals surface area contributed by atoms with Crippen molar-refractivity contribution in [3.8, 4) is 0 Å². The number of H-pyrrole nitrogens is 1. The lowest BCUT2D eigenvalue weighted by Crippen LogP contribution is -2.42. The highest BCUT2D eigenvalue weighted by atomic mass is 79.9.